The Hall–Kier alpha value is -0.0800. The van der Waals surface area contributed by atoms with E-state index in [0.717, 1.165) is 17.8 Å². The van der Waals surface area contributed by atoms with Crippen LogP contribution < -0.4 is 5.73 Å². The molecule has 0 amide bonds. The molecule has 0 aromatic rings. The zero-order chi connectivity index (χ0) is 10.5. The van der Waals surface area contributed by atoms with Gasteiger partial charge in [0, 0.05) is 6.61 Å². The van der Waals surface area contributed by atoms with E-state index in [1.165, 1.54) is 38.5 Å². The molecule has 2 heteroatoms. The Balaban J connectivity index is 1.86. The molecular formula is C13H23NO. The van der Waals surface area contributed by atoms with Crippen LogP contribution in [0.3, 0.4) is 0 Å². The minimum absolute atomic E-state index is 0.308. The van der Waals surface area contributed by atoms with E-state index in [9.17, 15) is 5.11 Å². The maximum Gasteiger partial charge on any atom is 0.0476 e. The summed E-state index contributed by atoms with van der Waals surface area (Å²) in [5, 5.41) is 9.51. The van der Waals surface area contributed by atoms with Gasteiger partial charge in [-0.05, 0) is 74.2 Å². The van der Waals surface area contributed by atoms with Crippen LogP contribution in [0.5, 0.6) is 0 Å². The molecule has 1 unspecified atom stereocenters. The van der Waals surface area contributed by atoms with Gasteiger partial charge < -0.3 is 10.8 Å². The highest BCUT2D eigenvalue weighted by Crippen LogP contribution is 2.62. The summed E-state index contributed by atoms with van der Waals surface area (Å²) in [6.07, 6.45) is 8.51. The van der Waals surface area contributed by atoms with Crippen molar-refractivity contribution >= 4 is 0 Å². The normalized spacial score (nSPS) is 49.6. The Kier molecular flexibility index (Phi) is 2.33. The van der Waals surface area contributed by atoms with Gasteiger partial charge in [0.2, 0.25) is 0 Å². The molecule has 4 fully saturated rings. The second-order valence-electron chi connectivity index (χ2n) is 6.40. The SMILES string of the molecule is NCC(CO)C12CC3CC(CC(C3)C1)C2. The summed E-state index contributed by atoms with van der Waals surface area (Å²) in [5.74, 6) is 3.29. The van der Waals surface area contributed by atoms with Crippen molar-refractivity contribution in [3.05, 3.63) is 0 Å². The number of aliphatic hydroxyl groups is 1. The first-order valence-corrected chi connectivity index (χ1v) is 6.56. The summed E-state index contributed by atoms with van der Waals surface area (Å²) in [5.41, 5.74) is 6.29. The first-order chi connectivity index (χ1) is 7.25. The van der Waals surface area contributed by atoms with Gasteiger partial charge in [-0.2, -0.15) is 0 Å². The lowest BCUT2D eigenvalue weighted by atomic mass is 9.46. The van der Waals surface area contributed by atoms with Crippen molar-refractivity contribution in [1.29, 1.82) is 0 Å². The van der Waals surface area contributed by atoms with E-state index in [1.54, 1.807) is 0 Å². The largest absolute Gasteiger partial charge is 0.396 e. The van der Waals surface area contributed by atoms with Crippen LogP contribution >= 0.6 is 0 Å². The molecule has 0 saturated heterocycles. The van der Waals surface area contributed by atoms with Gasteiger partial charge in [0.1, 0.15) is 0 Å². The Morgan fingerprint density at radius 1 is 1.07 bits per heavy atom. The van der Waals surface area contributed by atoms with E-state index in [-0.39, 0.29) is 0 Å². The van der Waals surface area contributed by atoms with Crippen LogP contribution in [-0.2, 0) is 0 Å². The molecule has 4 saturated carbocycles. The first-order valence-electron chi connectivity index (χ1n) is 6.56. The second-order valence-corrected chi connectivity index (χ2v) is 6.40. The van der Waals surface area contributed by atoms with Crippen molar-refractivity contribution in [2.24, 2.45) is 34.8 Å². The van der Waals surface area contributed by atoms with Crippen molar-refractivity contribution in [3.8, 4) is 0 Å². The molecule has 0 spiro atoms. The Morgan fingerprint density at radius 2 is 1.53 bits per heavy atom. The zero-order valence-electron chi connectivity index (χ0n) is 9.49. The summed E-state index contributed by atoms with van der Waals surface area (Å²) in [7, 11) is 0. The molecule has 1 atom stereocenters. The van der Waals surface area contributed by atoms with E-state index < -0.39 is 0 Å². The summed E-state index contributed by atoms with van der Waals surface area (Å²) in [4.78, 5) is 0. The lowest BCUT2D eigenvalue weighted by Crippen LogP contribution is -2.52. The van der Waals surface area contributed by atoms with Crippen LogP contribution in [0, 0.1) is 29.1 Å². The molecule has 0 radical (unpaired) electrons. The highest BCUT2D eigenvalue weighted by atomic mass is 16.3. The Morgan fingerprint density at radius 3 is 1.87 bits per heavy atom. The Labute approximate surface area is 92.2 Å². The van der Waals surface area contributed by atoms with Gasteiger partial charge in [-0.3, -0.25) is 0 Å². The fourth-order valence-corrected chi connectivity index (χ4v) is 5.20. The van der Waals surface area contributed by atoms with E-state index in [0.29, 0.717) is 24.5 Å². The van der Waals surface area contributed by atoms with Gasteiger partial charge in [-0.15, -0.1) is 0 Å². The smallest absolute Gasteiger partial charge is 0.0476 e. The van der Waals surface area contributed by atoms with Crippen LogP contribution in [-0.4, -0.2) is 18.3 Å². The molecular weight excluding hydrogens is 186 g/mol. The molecule has 86 valence electrons. The van der Waals surface area contributed by atoms with Gasteiger partial charge in [0.25, 0.3) is 0 Å². The lowest BCUT2D eigenvalue weighted by molar-refractivity contribution is -0.0953. The molecule has 4 aliphatic rings. The third kappa shape index (κ3) is 1.45. The predicted octanol–water partition coefficient (Wildman–Crippen LogP) is 1.77. The average Bonchev–Trinajstić information content (AvgIpc) is 2.16. The molecule has 2 nitrogen and oxygen atoms in total. The summed E-state index contributed by atoms with van der Waals surface area (Å²) < 4.78 is 0. The lowest BCUT2D eigenvalue weighted by Gasteiger charge is -2.59. The van der Waals surface area contributed by atoms with Crippen molar-refractivity contribution < 1.29 is 5.11 Å². The quantitative estimate of drug-likeness (QED) is 0.744. The molecule has 0 aliphatic heterocycles. The van der Waals surface area contributed by atoms with Crippen LogP contribution in [0.1, 0.15) is 38.5 Å². The molecule has 4 bridgehead atoms. The number of nitrogens with two attached hydrogens (primary N) is 1. The number of hydrogen-bond acceptors (Lipinski definition) is 2. The Bertz CT molecular complexity index is 212. The zero-order valence-corrected chi connectivity index (χ0v) is 9.49. The molecule has 3 N–H and O–H groups in total. The molecule has 0 aromatic heterocycles. The molecule has 0 heterocycles. The number of rotatable bonds is 3. The summed E-state index contributed by atoms with van der Waals surface area (Å²) in [6.45, 7) is 0.991. The third-order valence-corrected chi connectivity index (χ3v) is 5.46. The van der Waals surface area contributed by atoms with Crippen molar-refractivity contribution in [3.63, 3.8) is 0 Å². The highest BCUT2D eigenvalue weighted by Gasteiger charge is 2.53. The maximum atomic E-state index is 9.51. The summed E-state index contributed by atoms with van der Waals surface area (Å²) >= 11 is 0. The predicted molar refractivity (Wildman–Crippen MR) is 60.2 cm³/mol. The average molecular weight is 209 g/mol. The molecule has 4 rings (SSSR count). The second kappa shape index (κ2) is 3.46. The van der Waals surface area contributed by atoms with Crippen LogP contribution in [0.2, 0.25) is 0 Å². The van der Waals surface area contributed by atoms with Crippen molar-refractivity contribution in [2.75, 3.05) is 13.2 Å². The fraction of sp³-hybridized carbons (Fsp3) is 1.00. The van der Waals surface area contributed by atoms with Gasteiger partial charge in [0.15, 0.2) is 0 Å². The summed E-state index contributed by atoms with van der Waals surface area (Å²) in [6, 6.07) is 0. The molecule has 0 aromatic carbocycles. The standard InChI is InChI=1S/C13H23NO/c14-7-12(8-15)13-4-9-1-10(5-13)3-11(2-9)6-13/h9-12,15H,1-8,14H2. The van der Waals surface area contributed by atoms with E-state index in [2.05, 4.69) is 0 Å². The number of hydrogen-bond donors (Lipinski definition) is 2. The van der Waals surface area contributed by atoms with E-state index >= 15 is 0 Å². The van der Waals surface area contributed by atoms with E-state index in [4.69, 9.17) is 5.73 Å². The van der Waals surface area contributed by atoms with E-state index in [1.807, 2.05) is 0 Å². The van der Waals surface area contributed by atoms with Gasteiger partial charge >= 0.3 is 0 Å². The van der Waals surface area contributed by atoms with Gasteiger partial charge in [-0.1, -0.05) is 0 Å². The van der Waals surface area contributed by atoms with Crippen molar-refractivity contribution in [2.45, 2.75) is 38.5 Å². The highest BCUT2D eigenvalue weighted by molar-refractivity contribution is 5.04. The minimum atomic E-state index is 0.308. The third-order valence-electron chi connectivity index (χ3n) is 5.46. The molecule has 4 aliphatic carbocycles. The van der Waals surface area contributed by atoms with Gasteiger partial charge in [-0.25, -0.2) is 0 Å². The minimum Gasteiger partial charge on any atom is -0.396 e. The maximum absolute atomic E-state index is 9.51. The number of aliphatic hydroxyl groups excluding tert-OH is 1. The topological polar surface area (TPSA) is 46.2 Å². The van der Waals surface area contributed by atoms with Crippen LogP contribution in [0.25, 0.3) is 0 Å². The molecule has 15 heavy (non-hydrogen) atoms. The van der Waals surface area contributed by atoms with Crippen LogP contribution in [0.4, 0.5) is 0 Å². The van der Waals surface area contributed by atoms with Gasteiger partial charge in [0.05, 0.1) is 0 Å². The van der Waals surface area contributed by atoms with Crippen molar-refractivity contribution in [1.82, 2.24) is 0 Å². The van der Waals surface area contributed by atoms with Crippen LogP contribution in [0.15, 0.2) is 0 Å². The fourth-order valence-electron chi connectivity index (χ4n) is 5.20. The monoisotopic (exact) mass is 209 g/mol. The first kappa shape index (κ1) is 10.1.